The smallest absolute Gasteiger partial charge is 0.120 e. The third-order valence-corrected chi connectivity index (χ3v) is 2.92. The zero-order valence-corrected chi connectivity index (χ0v) is 10.4. The minimum Gasteiger partial charge on any atom is -0.497 e. The van der Waals surface area contributed by atoms with Crippen LogP contribution in [0.2, 0.25) is 0 Å². The average Bonchev–Trinajstić information content (AvgIpc) is 2.68. The SMILES string of the molecule is COc1ccc2c(c1)N(CCCN)CC2.Cl. The van der Waals surface area contributed by atoms with Crippen molar-refractivity contribution in [3.8, 4) is 5.75 Å². The molecule has 0 fully saturated rings. The van der Waals surface area contributed by atoms with Gasteiger partial charge in [0.1, 0.15) is 5.75 Å². The quantitative estimate of drug-likeness (QED) is 0.876. The Morgan fingerprint density at radius 2 is 2.25 bits per heavy atom. The number of rotatable bonds is 4. The van der Waals surface area contributed by atoms with E-state index in [0.29, 0.717) is 0 Å². The molecule has 3 nitrogen and oxygen atoms in total. The van der Waals surface area contributed by atoms with Gasteiger partial charge in [-0.15, -0.1) is 12.4 Å². The standard InChI is InChI=1S/C12H18N2O.ClH/c1-15-11-4-3-10-5-8-14(7-2-6-13)12(10)9-11;/h3-4,9H,2,5-8,13H2,1H3;1H. The van der Waals surface area contributed by atoms with Crippen molar-refractivity contribution < 1.29 is 4.74 Å². The number of nitrogens with zero attached hydrogens (tertiary/aromatic N) is 1. The lowest BCUT2D eigenvalue weighted by Crippen LogP contribution is -2.23. The second-order valence-corrected chi connectivity index (χ2v) is 3.87. The Bertz CT molecular complexity index is 344. The minimum atomic E-state index is 0. The summed E-state index contributed by atoms with van der Waals surface area (Å²) >= 11 is 0. The average molecular weight is 243 g/mol. The van der Waals surface area contributed by atoms with Crippen molar-refractivity contribution in [2.24, 2.45) is 5.73 Å². The Kier molecular flexibility index (Phi) is 4.90. The molecule has 0 aliphatic carbocycles. The van der Waals surface area contributed by atoms with Gasteiger partial charge in [-0.1, -0.05) is 6.07 Å². The predicted molar refractivity (Wildman–Crippen MR) is 69.8 cm³/mol. The number of methoxy groups -OCH3 is 1. The number of ether oxygens (including phenoxy) is 1. The van der Waals surface area contributed by atoms with Crippen molar-refractivity contribution in [2.45, 2.75) is 12.8 Å². The van der Waals surface area contributed by atoms with Crippen LogP contribution in [0.15, 0.2) is 18.2 Å². The molecule has 0 atom stereocenters. The lowest BCUT2D eigenvalue weighted by atomic mass is 10.1. The van der Waals surface area contributed by atoms with E-state index in [1.807, 2.05) is 6.07 Å². The van der Waals surface area contributed by atoms with Crippen LogP contribution in [0.5, 0.6) is 5.75 Å². The lowest BCUT2D eigenvalue weighted by molar-refractivity contribution is 0.415. The van der Waals surface area contributed by atoms with Crippen molar-refractivity contribution in [1.29, 1.82) is 0 Å². The first kappa shape index (κ1) is 13.1. The van der Waals surface area contributed by atoms with Crippen LogP contribution in [0.4, 0.5) is 5.69 Å². The van der Waals surface area contributed by atoms with Gasteiger partial charge >= 0.3 is 0 Å². The Morgan fingerprint density at radius 3 is 2.94 bits per heavy atom. The molecule has 0 saturated heterocycles. The molecule has 1 aromatic rings. The number of anilines is 1. The zero-order chi connectivity index (χ0) is 10.7. The minimum absolute atomic E-state index is 0. The van der Waals surface area contributed by atoms with E-state index in [1.165, 1.54) is 11.3 Å². The second kappa shape index (κ2) is 5.97. The molecule has 1 aliphatic rings. The van der Waals surface area contributed by atoms with E-state index in [1.54, 1.807) is 7.11 Å². The van der Waals surface area contributed by atoms with Gasteiger partial charge in [-0.05, 0) is 31.0 Å². The summed E-state index contributed by atoms with van der Waals surface area (Å²) in [7, 11) is 1.71. The largest absolute Gasteiger partial charge is 0.497 e. The van der Waals surface area contributed by atoms with Crippen LogP contribution in [-0.4, -0.2) is 26.7 Å². The first-order chi connectivity index (χ1) is 7.35. The summed E-state index contributed by atoms with van der Waals surface area (Å²) in [6, 6.07) is 6.32. The molecule has 90 valence electrons. The van der Waals surface area contributed by atoms with Crippen LogP contribution in [0.25, 0.3) is 0 Å². The monoisotopic (exact) mass is 242 g/mol. The summed E-state index contributed by atoms with van der Waals surface area (Å²) in [5.41, 5.74) is 8.28. The van der Waals surface area contributed by atoms with Crippen LogP contribution >= 0.6 is 12.4 Å². The summed E-state index contributed by atoms with van der Waals surface area (Å²) in [4.78, 5) is 2.39. The number of hydrogen-bond acceptors (Lipinski definition) is 3. The molecule has 0 bridgehead atoms. The first-order valence-corrected chi connectivity index (χ1v) is 5.47. The Hall–Kier alpha value is -0.930. The van der Waals surface area contributed by atoms with Crippen molar-refractivity contribution in [1.82, 2.24) is 0 Å². The topological polar surface area (TPSA) is 38.5 Å². The van der Waals surface area contributed by atoms with E-state index in [0.717, 1.165) is 38.2 Å². The second-order valence-electron chi connectivity index (χ2n) is 3.87. The fourth-order valence-electron chi connectivity index (χ4n) is 2.07. The van der Waals surface area contributed by atoms with E-state index in [4.69, 9.17) is 10.5 Å². The van der Waals surface area contributed by atoms with Gasteiger partial charge in [0.25, 0.3) is 0 Å². The van der Waals surface area contributed by atoms with Gasteiger partial charge in [0.05, 0.1) is 7.11 Å². The van der Waals surface area contributed by atoms with Gasteiger partial charge in [-0.2, -0.15) is 0 Å². The molecular formula is C12H19ClN2O. The molecule has 0 unspecified atom stereocenters. The van der Waals surface area contributed by atoms with E-state index in [9.17, 15) is 0 Å². The first-order valence-electron chi connectivity index (χ1n) is 5.47. The Balaban J connectivity index is 0.00000128. The van der Waals surface area contributed by atoms with E-state index in [-0.39, 0.29) is 12.4 Å². The highest BCUT2D eigenvalue weighted by molar-refractivity contribution is 5.85. The molecule has 0 aromatic heterocycles. The van der Waals surface area contributed by atoms with Crippen LogP contribution in [0, 0.1) is 0 Å². The fourth-order valence-corrected chi connectivity index (χ4v) is 2.07. The fraction of sp³-hybridized carbons (Fsp3) is 0.500. The summed E-state index contributed by atoms with van der Waals surface area (Å²) in [5, 5.41) is 0. The molecular weight excluding hydrogens is 224 g/mol. The molecule has 1 aromatic carbocycles. The number of nitrogens with two attached hydrogens (primary N) is 1. The van der Waals surface area contributed by atoms with Crippen LogP contribution < -0.4 is 15.4 Å². The normalized spacial score (nSPS) is 13.2. The highest BCUT2D eigenvalue weighted by Gasteiger charge is 2.18. The van der Waals surface area contributed by atoms with Crippen molar-refractivity contribution >= 4 is 18.1 Å². The molecule has 0 amide bonds. The Labute approximate surface area is 103 Å². The molecule has 4 heteroatoms. The maximum atomic E-state index is 5.53. The van der Waals surface area contributed by atoms with Gasteiger partial charge < -0.3 is 15.4 Å². The number of halogens is 1. The predicted octanol–water partition coefficient (Wildman–Crippen LogP) is 1.83. The summed E-state index contributed by atoms with van der Waals surface area (Å²) in [6.07, 6.45) is 2.19. The summed E-state index contributed by atoms with van der Waals surface area (Å²) < 4.78 is 5.24. The van der Waals surface area contributed by atoms with Gasteiger partial charge in [0, 0.05) is 24.8 Å². The number of benzene rings is 1. The molecule has 0 spiro atoms. The third-order valence-electron chi connectivity index (χ3n) is 2.92. The van der Waals surface area contributed by atoms with Crippen LogP contribution in [-0.2, 0) is 6.42 Å². The number of hydrogen-bond donors (Lipinski definition) is 1. The van der Waals surface area contributed by atoms with Crippen LogP contribution in [0.1, 0.15) is 12.0 Å². The number of fused-ring (bicyclic) bond motifs is 1. The highest BCUT2D eigenvalue weighted by atomic mass is 35.5. The molecule has 16 heavy (non-hydrogen) atoms. The maximum absolute atomic E-state index is 5.53. The molecule has 1 aliphatic heterocycles. The van der Waals surface area contributed by atoms with Gasteiger partial charge in [0.2, 0.25) is 0 Å². The third kappa shape index (κ3) is 2.60. The molecule has 1 heterocycles. The van der Waals surface area contributed by atoms with Crippen LogP contribution in [0.3, 0.4) is 0 Å². The Morgan fingerprint density at radius 1 is 1.44 bits per heavy atom. The van der Waals surface area contributed by atoms with Crippen molar-refractivity contribution in [3.63, 3.8) is 0 Å². The zero-order valence-electron chi connectivity index (χ0n) is 9.61. The van der Waals surface area contributed by atoms with Crippen molar-refractivity contribution in [2.75, 3.05) is 31.6 Å². The summed E-state index contributed by atoms with van der Waals surface area (Å²) in [5.74, 6) is 0.938. The molecule has 2 rings (SSSR count). The lowest BCUT2D eigenvalue weighted by Gasteiger charge is -2.19. The summed E-state index contributed by atoms with van der Waals surface area (Å²) in [6.45, 7) is 2.93. The molecule has 0 radical (unpaired) electrons. The van der Waals surface area contributed by atoms with E-state index < -0.39 is 0 Å². The highest BCUT2D eigenvalue weighted by Crippen LogP contribution is 2.31. The maximum Gasteiger partial charge on any atom is 0.120 e. The van der Waals surface area contributed by atoms with Crippen molar-refractivity contribution in [3.05, 3.63) is 23.8 Å². The van der Waals surface area contributed by atoms with E-state index >= 15 is 0 Å². The van der Waals surface area contributed by atoms with Gasteiger partial charge in [-0.25, -0.2) is 0 Å². The van der Waals surface area contributed by atoms with Gasteiger partial charge in [0.15, 0.2) is 0 Å². The van der Waals surface area contributed by atoms with Gasteiger partial charge in [-0.3, -0.25) is 0 Å². The molecule has 0 saturated carbocycles. The molecule has 2 N–H and O–H groups in total. The van der Waals surface area contributed by atoms with E-state index in [2.05, 4.69) is 17.0 Å².